The van der Waals surface area contributed by atoms with Crippen molar-refractivity contribution in [3.8, 4) is 0 Å². The van der Waals surface area contributed by atoms with Gasteiger partial charge in [-0.05, 0) is 18.4 Å². The van der Waals surface area contributed by atoms with Crippen molar-refractivity contribution < 1.29 is 4.79 Å². The van der Waals surface area contributed by atoms with Crippen molar-refractivity contribution in [2.45, 2.75) is 18.1 Å². The highest BCUT2D eigenvalue weighted by Crippen LogP contribution is 2.23. The number of carbonyl (C=O) groups is 1. The molecule has 0 spiro atoms. The number of hydrogen-bond donors (Lipinski definition) is 1. The molecule has 0 aromatic heterocycles. The third-order valence-electron chi connectivity index (χ3n) is 2.27. The number of benzene rings is 1. The van der Waals surface area contributed by atoms with Crippen LogP contribution in [0, 0.1) is 0 Å². The fraction of sp³-hybridized carbons (Fsp3) is 0.300. The van der Waals surface area contributed by atoms with Crippen molar-refractivity contribution in [1.82, 2.24) is 0 Å². The molecule has 1 aromatic carbocycles. The third kappa shape index (κ3) is 1.16. The number of aryl methyl sites for hydroxylation is 1. The van der Waals surface area contributed by atoms with Crippen LogP contribution in [0.4, 0.5) is 0 Å². The van der Waals surface area contributed by atoms with Gasteiger partial charge < -0.3 is 0 Å². The Hall–Kier alpha value is -0.760. The van der Waals surface area contributed by atoms with Gasteiger partial charge in [0.2, 0.25) is 0 Å². The van der Waals surface area contributed by atoms with E-state index in [-0.39, 0.29) is 11.0 Å². The van der Waals surface area contributed by atoms with E-state index in [1.54, 1.807) is 0 Å². The zero-order valence-electron chi connectivity index (χ0n) is 6.66. The summed E-state index contributed by atoms with van der Waals surface area (Å²) in [5.74, 6) is 0.181. The van der Waals surface area contributed by atoms with Crippen LogP contribution in [0.5, 0.6) is 0 Å². The number of carbonyl (C=O) groups excluding carboxylic acids is 1. The molecule has 0 N–H and O–H groups in total. The molecule has 62 valence electrons. The molecular weight excluding hydrogens is 168 g/mol. The molecule has 1 aliphatic carbocycles. The molecule has 1 aliphatic rings. The van der Waals surface area contributed by atoms with Gasteiger partial charge in [0.15, 0.2) is 5.78 Å². The molecule has 1 unspecified atom stereocenters. The first-order valence-electron chi connectivity index (χ1n) is 4.09. The summed E-state index contributed by atoms with van der Waals surface area (Å²) in [7, 11) is 0. The Kier molecular flexibility index (Phi) is 1.93. The summed E-state index contributed by atoms with van der Waals surface area (Å²) in [6.07, 6.45) is 1.86. The van der Waals surface area contributed by atoms with E-state index in [0.29, 0.717) is 0 Å². The molecule has 1 aromatic rings. The average molecular weight is 178 g/mol. The number of Topliss-reactive ketones (excluding diaryl/α,β-unsaturated/α-hetero) is 1. The van der Waals surface area contributed by atoms with Crippen LogP contribution < -0.4 is 0 Å². The Balaban J connectivity index is 2.49. The van der Waals surface area contributed by atoms with Gasteiger partial charge in [0, 0.05) is 5.56 Å². The van der Waals surface area contributed by atoms with Crippen LogP contribution >= 0.6 is 12.6 Å². The van der Waals surface area contributed by atoms with E-state index >= 15 is 0 Å². The van der Waals surface area contributed by atoms with E-state index in [1.807, 2.05) is 24.3 Å². The predicted molar refractivity (Wildman–Crippen MR) is 51.9 cm³/mol. The molecule has 0 amide bonds. The highest BCUT2D eigenvalue weighted by atomic mass is 32.1. The van der Waals surface area contributed by atoms with Crippen LogP contribution in [-0.2, 0) is 6.42 Å². The second-order valence-electron chi connectivity index (χ2n) is 3.08. The molecule has 2 rings (SSSR count). The molecule has 1 atom stereocenters. The maximum absolute atomic E-state index is 11.5. The van der Waals surface area contributed by atoms with Crippen molar-refractivity contribution in [3.05, 3.63) is 35.4 Å². The zero-order chi connectivity index (χ0) is 8.55. The van der Waals surface area contributed by atoms with E-state index in [0.717, 1.165) is 18.4 Å². The Morgan fingerprint density at radius 3 is 2.92 bits per heavy atom. The van der Waals surface area contributed by atoms with Crippen LogP contribution in [0.25, 0.3) is 0 Å². The van der Waals surface area contributed by atoms with E-state index in [2.05, 4.69) is 12.6 Å². The normalized spacial score (nSPS) is 22.1. The second kappa shape index (κ2) is 2.94. The molecule has 0 saturated carbocycles. The molecule has 1 nitrogen and oxygen atoms in total. The van der Waals surface area contributed by atoms with Gasteiger partial charge in [-0.25, -0.2) is 0 Å². The number of rotatable bonds is 0. The monoisotopic (exact) mass is 178 g/mol. The largest absolute Gasteiger partial charge is 0.293 e. The lowest BCUT2D eigenvalue weighted by Crippen LogP contribution is -2.22. The molecule has 0 bridgehead atoms. The van der Waals surface area contributed by atoms with Gasteiger partial charge in [-0.15, -0.1) is 0 Å². The lowest BCUT2D eigenvalue weighted by Gasteiger charge is -2.18. The van der Waals surface area contributed by atoms with Crippen molar-refractivity contribution in [2.75, 3.05) is 0 Å². The lowest BCUT2D eigenvalue weighted by molar-refractivity contribution is 0.0980. The first-order valence-corrected chi connectivity index (χ1v) is 4.61. The summed E-state index contributed by atoms with van der Waals surface area (Å²) >= 11 is 4.23. The van der Waals surface area contributed by atoms with Crippen molar-refractivity contribution >= 4 is 18.4 Å². The zero-order valence-corrected chi connectivity index (χ0v) is 7.55. The summed E-state index contributed by atoms with van der Waals surface area (Å²) in [6, 6.07) is 7.79. The third-order valence-corrected chi connectivity index (χ3v) is 2.77. The standard InChI is InChI=1S/C10H10OS/c11-10-8-4-2-1-3-7(8)5-6-9(10)12/h1-4,9,12H,5-6H2. The first-order chi connectivity index (χ1) is 5.79. The minimum Gasteiger partial charge on any atom is -0.293 e. The molecule has 0 radical (unpaired) electrons. The smallest absolute Gasteiger partial charge is 0.175 e. The van der Waals surface area contributed by atoms with Gasteiger partial charge in [-0.2, -0.15) is 12.6 Å². The van der Waals surface area contributed by atoms with Crippen LogP contribution in [0.1, 0.15) is 22.3 Å². The van der Waals surface area contributed by atoms with Gasteiger partial charge in [-0.1, -0.05) is 24.3 Å². The van der Waals surface area contributed by atoms with Gasteiger partial charge in [0.05, 0.1) is 5.25 Å². The highest BCUT2D eigenvalue weighted by molar-refractivity contribution is 7.81. The molecule has 0 fully saturated rings. The molecule has 0 saturated heterocycles. The van der Waals surface area contributed by atoms with Crippen LogP contribution in [-0.4, -0.2) is 11.0 Å². The summed E-state index contributed by atoms with van der Waals surface area (Å²) < 4.78 is 0. The van der Waals surface area contributed by atoms with E-state index in [4.69, 9.17) is 0 Å². The van der Waals surface area contributed by atoms with Gasteiger partial charge in [0.1, 0.15) is 0 Å². The fourth-order valence-corrected chi connectivity index (χ4v) is 1.85. The predicted octanol–water partition coefficient (Wildman–Crippen LogP) is 2.11. The second-order valence-corrected chi connectivity index (χ2v) is 3.70. The minimum absolute atomic E-state index is 0.0834. The first kappa shape index (κ1) is 7.87. The van der Waals surface area contributed by atoms with Crippen molar-refractivity contribution in [2.24, 2.45) is 0 Å². The lowest BCUT2D eigenvalue weighted by atomic mass is 9.90. The number of thiol groups is 1. The maximum Gasteiger partial charge on any atom is 0.175 e. The average Bonchev–Trinajstić information content (AvgIpc) is 2.12. The number of fused-ring (bicyclic) bond motifs is 1. The van der Waals surface area contributed by atoms with Crippen molar-refractivity contribution in [3.63, 3.8) is 0 Å². The summed E-state index contributed by atoms with van der Waals surface area (Å²) in [4.78, 5) is 11.5. The molecule has 0 heterocycles. The van der Waals surface area contributed by atoms with Crippen molar-refractivity contribution in [1.29, 1.82) is 0 Å². The van der Waals surface area contributed by atoms with E-state index in [9.17, 15) is 4.79 Å². The maximum atomic E-state index is 11.5. The Bertz CT molecular complexity index is 319. The van der Waals surface area contributed by atoms with Gasteiger partial charge in [-0.3, -0.25) is 4.79 Å². The number of hydrogen-bond acceptors (Lipinski definition) is 2. The topological polar surface area (TPSA) is 17.1 Å². The summed E-state index contributed by atoms with van der Waals surface area (Å²) in [5, 5.41) is -0.0834. The summed E-state index contributed by atoms with van der Waals surface area (Å²) in [6.45, 7) is 0. The van der Waals surface area contributed by atoms with Crippen LogP contribution in [0.15, 0.2) is 24.3 Å². The highest BCUT2D eigenvalue weighted by Gasteiger charge is 2.23. The summed E-state index contributed by atoms with van der Waals surface area (Å²) in [5.41, 5.74) is 2.04. The SMILES string of the molecule is O=C1c2ccccc2CCC1S. The minimum atomic E-state index is -0.0834. The van der Waals surface area contributed by atoms with E-state index in [1.165, 1.54) is 5.56 Å². The fourth-order valence-electron chi connectivity index (χ4n) is 1.58. The Morgan fingerprint density at radius 1 is 1.33 bits per heavy atom. The Morgan fingerprint density at radius 2 is 2.08 bits per heavy atom. The molecule has 12 heavy (non-hydrogen) atoms. The van der Waals surface area contributed by atoms with Crippen LogP contribution in [0.2, 0.25) is 0 Å². The molecule has 2 heteroatoms. The number of ketones is 1. The Labute approximate surface area is 77.2 Å². The molecule has 0 aliphatic heterocycles. The van der Waals surface area contributed by atoms with Crippen LogP contribution in [0.3, 0.4) is 0 Å². The quantitative estimate of drug-likeness (QED) is 0.602. The van der Waals surface area contributed by atoms with E-state index < -0.39 is 0 Å². The molecular formula is C10H10OS. The van der Waals surface area contributed by atoms with Gasteiger partial charge in [0.25, 0.3) is 0 Å². The van der Waals surface area contributed by atoms with Gasteiger partial charge >= 0.3 is 0 Å².